The van der Waals surface area contributed by atoms with Crippen LogP contribution in [0.25, 0.3) is 0 Å². The van der Waals surface area contributed by atoms with Crippen molar-refractivity contribution in [2.75, 3.05) is 6.61 Å². The number of benzene rings is 2. The summed E-state index contributed by atoms with van der Waals surface area (Å²) in [5.41, 5.74) is 6.61. The number of nitrogens with one attached hydrogen (secondary N) is 1. The number of nitrogens with zero attached hydrogens (tertiary/aromatic N) is 1. The fourth-order valence-corrected chi connectivity index (χ4v) is 2.71. The van der Waals surface area contributed by atoms with Crippen molar-refractivity contribution >= 4 is 12.1 Å². The highest BCUT2D eigenvalue weighted by atomic mass is 16.5. The van der Waals surface area contributed by atoms with Crippen LogP contribution >= 0.6 is 0 Å². The van der Waals surface area contributed by atoms with Crippen molar-refractivity contribution in [1.29, 1.82) is 0 Å². The van der Waals surface area contributed by atoms with Crippen molar-refractivity contribution in [3.8, 4) is 11.5 Å². The first-order valence-corrected chi connectivity index (χ1v) is 10.5. The quantitative estimate of drug-likeness (QED) is 0.272. The maximum atomic E-state index is 12.2. The van der Waals surface area contributed by atoms with E-state index in [0.717, 1.165) is 29.9 Å². The van der Waals surface area contributed by atoms with Gasteiger partial charge in [-0.3, -0.25) is 4.79 Å². The van der Waals surface area contributed by atoms with E-state index in [4.69, 9.17) is 9.47 Å². The summed E-state index contributed by atoms with van der Waals surface area (Å²) in [6, 6.07) is 14.8. The van der Waals surface area contributed by atoms with E-state index in [1.165, 1.54) is 11.1 Å². The topological polar surface area (TPSA) is 59.9 Å². The molecule has 164 valence electrons. The summed E-state index contributed by atoms with van der Waals surface area (Å²) in [6.07, 6.45) is 7.74. The van der Waals surface area contributed by atoms with Crippen LogP contribution in [0.15, 0.2) is 76.9 Å². The third-order valence-electron chi connectivity index (χ3n) is 4.45. The van der Waals surface area contributed by atoms with Gasteiger partial charge in [-0.25, -0.2) is 5.43 Å². The lowest BCUT2D eigenvalue weighted by atomic mass is 10.1. The number of hydrogen-bond acceptors (Lipinski definition) is 4. The average Bonchev–Trinajstić information content (AvgIpc) is 2.76. The third kappa shape index (κ3) is 9.34. The van der Waals surface area contributed by atoms with E-state index >= 15 is 0 Å². The molecule has 0 heterocycles. The van der Waals surface area contributed by atoms with Gasteiger partial charge in [0.2, 0.25) is 0 Å². The van der Waals surface area contributed by atoms with Crippen LogP contribution in [0, 0.1) is 0 Å². The van der Waals surface area contributed by atoms with Gasteiger partial charge < -0.3 is 9.47 Å². The van der Waals surface area contributed by atoms with Crippen molar-refractivity contribution < 1.29 is 14.3 Å². The zero-order valence-corrected chi connectivity index (χ0v) is 18.9. The minimum absolute atomic E-state index is 0.245. The molecular weight excluding hydrogens is 388 g/mol. The van der Waals surface area contributed by atoms with Crippen molar-refractivity contribution in [3.63, 3.8) is 0 Å². The Labute approximate surface area is 185 Å². The molecule has 0 fully saturated rings. The Hall–Kier alpha value is -3.34. The van der Waals surface area contributed by atoms with Crippen molar-refractivity contribution in [3.05, 3.63) is 83.0 Å². The van der Waals surface area contributed by atoms with Gasteiger partial charge in [0.15, 0.2) is 0 Å². The number of allylic oxidation sites excluding steroid dienone is 4. The molecule has 0 aliphatic rings. The van der Waals surface area contributed by atoms with Crippen LogP contribution in [0.1, 0.15) is 56.5 Å². The maximum absolute atomic E-state index is 12.2. The van der Waals surface area contributed by atoms with Gasteiger partial charge in [0.05, 0.1) is 6.61 Å². The minimum Gasteiger partial charge on any atom is -0.494 e. The number of ether oxygens (including phenoxy) is 2. The average molecular weight is 421 g/mol. The predicted molar refractivity (Wildman–Crippen MR) is 127 cm³/mol. The van der Waals surface area contributed by atoms with Gasteiger partial charge in [0.25, 0.3) is 5.91 Å². The fourth-order valence-electron chi connectivity index (χ4n) is 2.71. The van der Waals surface area contributed by atoms with Crippen molar-refractivity contribution in [1.82, 2.24) is 5.43 Å². The largest absolute Gasteiger partial charge is 0.494 e. The van der Waals surface area contributed by atoms with Crippen LogP contribution in [-0.4, -0.2) is 18.7 Å². The number of rotatable bonds is 11. The summed E-state index contributed by atoms with van der Waals surface area (Å²) in [4.78, 5) is 12.2. The Morgan fingerprint density at radius 2 is 1.61 bits per heavy atom. The third-order valence-corrected chi connectivity index (χ3v) is 4.45. The van der Waals surface area contributed by atoms with E-state index in [2.05, 4.69) is 37.4 Å². The van der Waals surface area contributed by atoms with Crippen LogP contribution in [0.3, 0.4) is 0 Å². The lowest BCUT2D eigenvalue weighted by Gasteiger charge is -2.08. The van der Waals surface area contributed by atoms with Crippen LogP contribution < -0.4 is 14.9 Å². The second kappa shape index (κ2) is 13.1. The summed E-state index contributed by atoms with van der Waals surface area (Å²) in [5.74, 6) is 1.34. The van der Waals surface area contributed by atoms with E-state index in [-0.39, 0.29) is 5.91 Å². The summed E-state index contributed by atoms with van der Waals surface area (Å²) in [6.45, 7) is 9.26. The second-order valence-corrected chi connectivity index (χ2v) is 7.44. The number of hydrogen-bond donors (Lipinski definition) is 1. The van der Waals surface area contributed by atoms with Gasteiger partial charge in [-0.2, -0.15) is 5.10 Å². The Balaban J connectivity index is 1.78. The number of amides is 1. The molecule has 0 aliphatic heterocycles. The smallest absolute Gasteiger partial charge is 0.271 e. The maximum Gasteiger partial charge on any atom is 0.271 e. The highest BCUT2D eigenvalue weighted by Crippen LogP contribution is 2.18. The van der Waals surface area contributed by atoms with Gasteiger partial charge in [-0.05, 0) is 88.6 Å². The molecule has 2 aromatic rings. The standard InChI is InChI=1S/C26H32N2O3/c1-5-30-24-13-15-25(16-14-24)31-19-22-9-11-23(12-10-22)26(29)28-27-18-17-21(4)8-6-7-20(2)3/h7,9-18H,5-6,8,19H2,1-4H3,(H,28,29)/b21-17+,27-18+. The van der Waals surface area contributed by atoms with Gasteiger partial charge in [0, 0.05) is 11.8 Å². The van der Waals surface area contributed by atoms with Gasteiger partial charge in [-0.1, -0.05) is 29.4 Å². The van der Waals surface area contributed by atoms with Gasteiger partial charge in [-0.15, -0.1) is 0 Å². The molecule has 1 N–H and O–H groups in total. The minimum atomic E-state index is -0.245. The molecule has 1 amide bonds. The lowest BCUT2D eigenvalue weighted by molar-refractivity contribution is 0.0955. The molecule has 5 nitrogen and oxygen atoms in total. The molecule has 0 aliphatic carbocycles. The Morgan fingerprint density at radius 3 is 2.23 bits per heavy atom. The molecule has 0 radical (unpaired) electrons. The molecule has 0 spiro atoms. The summed E-state index contributed by atoms with van der Waals surface area (Å²) in [5, 5.41) is 4.00. The van der Waals surface area contributed by atoms with E-state index in [1.807, 2.05) is 49.4 Å². The molecule has 5 heteroatoms. The second-order valence-electron chi connectivity index (χ2n) is 7.44. The highest BCUT2D eigenvalue weighted by Gasteiger charge is 2.04. The number of carbonyl (C=O) groups excluding carboxylic acids is 1. The first kappa shape index (κ1) is 23.9. The molecule has 2 aromatic carbocycles. The fraction of sp³-hybridized carbons (Fsp3) is 0.308. The summed E-state index contributed by atoms with van der Waals surface area (Å²) in [7, 11) is 0. The normalized spacial score (nSPS) is 11.3. The molecule has 0 saturated carbocycles. The summed E-state index contributed by atoms with van der Waals surface area (Å²) < 4.78 is 11.2. The van der Waals surface area contributed by atoms with E-state index in [0.29, 0.717) is 18.8 Å². The monoisotopic (exact) mass is 420 g/mol. The molecule has 2 rings (SSSR count). The van der Waals surface area contributed by atoms with E-state index < -0.39 is 0 Å². The van der Waals surface area contributed by atoms with Crippen LogP contribution in [-0.2, 0) is 6.61 Å². The number of carbonyl (C=O) groups is 1. The zero-order chi connectivity index (χ0) is 22.5. The molecular formula is C26H32N2O3. The predicted octanol–water partition coefficient (Wildman–Crippen LogP) is 6.07. The molecule has 0 saturated heterocycles. The first-order chi connectivity index (χ1) is 15.0. The molecule has 0 unspecified atom stereocenters. The van der Waals surface area contributed by atoms with Crippen LogP contribution in [0.5, 0.6) is 11.5 Å². The van der Waals surface area contributed by atoms with E-state index in [9.17, 15) is 4.79 Å². The SMILES string of the molecule is CCOc1ccc(OCc2ccc(C(=O)N/N=C/C=C(\C)CCC=C(C)C)cc2)cc1. The highest BCUT2D eigenvalue weighted by molar-refractivity contribution is 5.94. The molecule has 0 bridgehead atoms. The molecule has 0 atom stereocenters. The lowest BCUT2D eigenvalue weighted by Crippen LogP contribution is -2.17. The van der Waals surface area contributed by atoms with Crippen molar-refractivity contribution in [2.45, 2.75) is 47.1 Å². The Kier molecular flexibility index (Phi) is 10.1. The van der Waals surface area contributed by atoms with E-state index in [1.54, 1.807) is 18.3 Å². The Bertz CT molecular complexity index is 907. The van der Waals surface area contributed by atoms with Gasteiger partial charge in [0.1, 0.15) is 18.1 Å². The Morgan fingerprint density at radius 1 is 0.968 bits per heavy atom. The van der Waals surface area contributed by atoms with Gasteiger partial charge >= 0.3 is 0 Å². The number of hydrazone groups is 1. The van der Waals surface area contributed by atoms with Crippen LogP contribution in [0.4, 0.5) is 0 Å². The molecule has 0 aromatic heterocycles. The zero-order valence-electron chi connectivity index (χ0n) is 18.9. The first-order valence-electron chi connectivity index (χ1n) is 10.5. The molecule has 31 heavy (non-hydrogen) atoms. The summed E-state index contributed by atoms with van der Waals surface area (Å²) >= 11 is 0. The van der Waals surface area contributed by atoms with Crippen LogP contribution in [0.2, 0.25) is 0 Å². The van der Waals surface area contributed by atoms with Crippen molar-refractivity contribution in [2.24, 2.45) is 5.10 Å².